The molecule has 1 aromatic rings. The number of carboxylic acids is 1. The second-order valence-corrected chi connectivity index (χ2v) is 4.83. The molecule has 1 aliphatic rings. The Morgan fingerprint density at radius 3 is 2.53 bits per heavy atom. The topological polar surface area (TPSA) is 57.5 Å². The Labute approximate surface area is 95.9 Å². The van der Waals surface area contributed by atoms with Crippen LogP contribution in [0.15, 0.2) is 16.6 Å². The van der Waals surface area contributed by atoms with E-state index in [9.17, 15) is 9.90 Å². The summed E-state index contributed by atoms with van der Waals surface area (Å²) in [5, 5.41) is 19.1. The number of carboxylic acid groups (broad SMARTS) is 1. The van der Waals surface area contributed by atoms with Gasteiger partial charge in [-0.3, -0.25) is 4.79 Å². The van der Waals surface area contributed by atoms with E-state index in [1.807, 2.05) is 0 Å². The zero-order valence-corrected chi connectivity index (χ0v) is 9.84. The number of carbonyl (C=O) groups is 1. The number of aromatic hydroxyl groups is 1. The fourth-order valence-electron chi connectivity index (χ4n) is 1.82. The minimum Gasteiger partial charge on any atom is -0.507 e. The molecule has 1 aliphatic carbocycles. The van der Waals surface area contributed by atoms with E-state index in [1.54, 1.807) is 19.1 Å². The van der Waals surface area contributed by atoms with Crippen LogP contribution in [0.4, 0.5) is 0 Å². The van der Waals surface area contributed by atoms with Gasteiger partial charge in [-0.25, -0.2) is 0 Å². The SMILES string of the molecule is Cc1ccc(Br)c(C2(C(=O)O)CC2)c1O. The van der Waals surface area contributed by atoms with Crippen LogP contribution >= 0.6 is 15.9 Å². The van der Waals surface area contributed by atoms with Crippen LogP contribution in [-0.4, -0.2) is 16.2 Å². The molecule has 1 fully saturated rings. The molecule has 0 amide bonds. The summed E-state index contributed by atoms with van der Waals surface area (Å²) < 4.78 is 0.672. The Bertz CT molecular complexity index is 436. The Morgan fingerprint density at radius 1 is 1.47 bits per heavy atom. The van der Waals surface area contributed by atoms with Gasteiger partial charge in [-0.2, -0.15) is 0 Å². The van der Waals surface area contributed by atoms with Crippen LogP contribution in [0.25, 0.3) is 0 Å². The van der Waals surface area contributed by atoms with Crippen molar-refractivity contribution < 1.29 is 15.0 Å². The largest absolute Gasteiger partial charge is 0.507 e. The van der Waals surface area contributed by atoms with Crippen molar-refractivity contribution in [1.29, 1.82) is 0 Å². The zero-order valence-electron chi connectivity index (χ0n) is 8.25. The fraction of sp³-hybridized carbons (Fsp3) is 0.364. The zero-order chi connectivity index (χ0) is 11.2. The summed E-state index contributed by atoms with van der Waals surface area (Å²) >= 11 is 3.30. The van der Waals surface area contributed by atoms with Crippen LogP contribution < -0.4 is 0 Å². The third kappa shape index (κ3) is 1.44. The highest BCUT2D eigenvalue weighted by atomic mass is 79.9. The molecule has 0 radical (unpaired) electrons. The average molecular weight is 271 g/mol. The lowest BCUT2D eigenvalue weighted by molar-refractivity contribution is -0.140. The lowest BCUT2D eigenvalue weighted by atomic mass is 9.93. The molecular formula is C11H11BrO3. The summed E-state index contributed by atoms with van der Waals surface area (Å²) in [5.41, 5.74) is 0.366. The van der Waals surface area contributed by atoms with E-state index in [-0.39, 0.29) is 5.75 Å². The number of halogens is 1. The van der Waals surface area contributed by atoms with E-state index in [4.69, 9.17) is 5.11 Å². The van der Waals surface area contributed by atoms with Crippen LogP contribution in [-0.2, 0) is 10.2 Å². The number of aryl methyl sites for hydroxylation is 1. The van der Waals surface area contributed by atoms with Crippen molar-refractivity contribution in [3.8, 4) is 5.75 Å². The summed E-state index contributed by atoms with van der Waals surface area (Å²) in [4.78, 5) is 11.2. The maximum atomic E-state index is 11.2. The normalized spacial score (nSPS) is 17.5. The van der Waals surface area contributed by atoms with Crippen LogP contribution in [0, 0.1) is 6.92 Å². The predicted octanol–water partition coefficient (Wildman–Crippen LogP) is 2.58. The lowest BCUT2D eigenvalue weighted by Gasteiger charge is -2.15. The van der Waals surface area contributed by atoms with Crippen molar-refractivity contribution in [2.24, 2.45) is 0 Å². The highest BCUT2D eigenvalue weighted by molar-refractivity contribution is 9.10. The summed E-state index contributed by atoms with van der Waals surface area (Å²) in [6, 6.07) is 3.55. The maximum Gasteiger partial charge on any atom is 0.314 e. The molecule has 0 atom stereocenters. The van der Waals surface area contributed by atoms with Gasteiger partial charge in [0.1, 0.15) is 5.75 Å². The number of phenols is 1. The van der Waals surface area contributed by atoms with Gasteiger partial charge in [-0.1, -0.05) is 22.0 Å². The Balaban J connectivity index is 2.62. The smallest absolute Gasteiger partial charge is 0.314 e. The van der Waals surface area contributed by atoms with Gasteiger partial charge in [0.25, 0.3) is 0 Å². The number of benzene rings is 1. The first-order valence-corrected chi connectivity index (χ1v) is 5.50. The fourth-order valence-corrected chi connectivity index (χ4v) is 2.52. The van der Waals surface area contributed by atoms with Gasteiger partial charge in [0, 0.05) is 10.0 Å². The summed E-state index contributed by atoms with van der Waals surface area (Å²) in [5.74, 6) is -0.756. The molecule has 2 N–H and O–H groups in total. The molecule has 0 bridgehead atoms. The average Bonchev–Trinajstić information content (AvgIpc) is 2.93. The van der Waals surface area contributed by atoms with Crippen molar-refractivity contribution in [2.45, 2.75) is 25.2 Å². The molecule has 0 aromatic heterocycles. The standard InChI is InChI=1S/C11H11BrO3/c1-6-2-3-7(12)8(9(6)13)11(4-5-11)10(14)15/h2-3,13H,4-5H2,1H3,(H,14,15). The molecule has 0 heterocycles. The third-order valence-corrected chi connectivity index (χ3v) is 3.63. The first kappa shape index (κ1) is 10.5. The minimum absolute atomic E-state index is 0.101. The second kappa shape index (κ2) is 3.23. The maximum absolute atomic E-state index is 11.2. The molecule has 15 heavy (non-hydrogen) atoms. The summed E-state index contributed by atoms with van der Waals surface area (Å²) in [6.45, 7) is 1.77. The Morgan fingerprint density at radius 2 is 2.07 bits per heavy atom. The number of hydrogen-bond acceptors (Lipinski definition) is 2. The number of hydrogen-bond donors (Lipinski definition) is 2. The van der Waals surface area contributed by atoms with E-state index in [2.05, 4.69) is 15.9 Å². The number of aliphatic carboxylic acids is 1. The van der Waals surface area contributed by atoms with Crippen molar-refractivity contribution in [3.63, 3.8) is 0 Å². The summed E-state index contributed by atoms with van der Waals surface area (Å²) in [6.07, 6.45) is 1.19. The van der Waals surface area contributed by atoms with Gasteiger partial charge in [-0.15, -0.1) is 0 Å². The van der Waals surface area contributed by atoms with Crippen LogP contribution in [0.3, 0.4) is 0 Å². The van der Waals surface area contributed by atoms with Crippen LogP contribution in [0.5, 0.6) is 5.75 Å². The molecule has 0 unspecified atom stereocenters. The molecule has 4 heteroatoms. The molecule has 1 saturated carbocycles. The van der Waals surface area contributed by atoms with Gasteiger partial charge in [0.2, 0.25) is 0 Å². The first-order chi connectivity index (χ1) is 6.99. The molecule has 0 spiro atoms. The van der Waals surface area contributed by atoms with E-state index in [0.717, 1.165) is 0 Å². The van der Waals surface area contributed by atoms with Crippen LogP contribution in [0.2, 0.25) is 0 Å². The molecule has 80 valence electrons. The van der Waals surface area contributed by atoms with Crippen molar-refractivity contribution in [1.82, 2.24) is 0 Å². The number of rotatable bonds is 2. The van der Waals surface area contributed by atoms with Crippen molar-refractivity contribution in [3.05, 3.63) is 27.7 Å². The molecule has 3 nitrogen and oxygen atoms in total. The molecule has 0 saturated heterocycles. The van der Waals surface area contributed by atoms with Gasteiger partial charge in [0.15, 0.2) is 0 Å². The lowest BCUT2D eigenvalue weighted by Crippen LogP contribution is -2.20. The monoisotopic (exact) mass is 270 g/mol. The quantitative estimate of drug-likeness (QED) is 0.869. The molecule has 1 aromatic carbocycles. The van der Waals surface area contributed by atoms with E-state index in [0.29, 0.717) is 28.4 Å². The van der Waals surface area contributed by atoms with E-state index in [1.165, 1.54) is 0 Å². The van der Waals surface area contributed by atoms with Crippen LogP contribution in [0.1, 0.15) is 24.0 Å². The van der Waals surface area contributed by atoms with Gasteiger partial charge in [-0.05, 0) is 31.4 Å². The molecular weight excluding hydrogens is 260 g/mol. The summed E-state index contributed by atoms with van der Waals surface area (Å²) in [7, 11) is 0. The van der Waals surface area contributed by atoms with Gasteiger partial charge in [0.05, 0.1) is 5.41 Å². The second-order valence-electron chi connectivity index (χ2n) is 3.98. The Kier molecular flexibility index (Phi) is 2.26. The number of phenolic OH excluding ortho intramolecular Hbond substituents is 1. The molecule has 2 rings (SSSR count). The minimum atomic E-state index is -0.866. The highest BCUT2D eigenvalue weighted by Gasteiger charge is 2.54. The Hall–Kier alpha value is -1.03. The van der Waals surface area contributed by atoms with Crippen molar-refractivity contribution in [2.75, 3.05) is 0 Å². The van der Waals surface area contributed by atoms with Crippen molar-refractivity contribution >= 4 is 21.9 Å². The van der Waals surface area contributed by atoms with Gasteiger partial charge < -0.3 is 10.2 Å². The predicted molar refractivity (Wildman–Crippen MR) is 59.1 cm³/mol. The highest BCUT2D eigenvalue weighted by Crippen LogP contribution is 2.54. The van der Waals surface area contributed by atoms with Gasteiger partial charge >= 0.3 is 5.97 Å². The third-order valence-electron chi connectivity index (χ3n) is 2.97. The molecule has 0 aliphatic heterocycles. The van der Waals surface area contributed by atoms with E-state index >= 15 is 0 Å². The first-order valence-electron chi connectivity index (χ1n) is 4.71. The van der Waals surface area contributed by atoms with E-state index < -0.39 is 11.4 Å².